The van der Waals surface area contributed by atoms with E-state index in [2.05, 4.69) is 48.0 Å². The van der Waals surface area contributed by atoms with Gasteiger partial charge in [0, 0.05) is 44.6 Å². The summed E-state index contributed by atoms with van der Waals surface area (Å²) < 4.78 is 0. The summed E-state index contributed by atoms with van der Waals surface area (Å²) in [6.07, 6.45) is 2.27. The number of hydrogen-bond donors (Lipinski definition) is 1. The molecule has 4 rings (SSSR count). The third kappa shape index (κ3) is 4.50. The van der Waals surface area contributed by atoms with Crippen molar-refractivity contribution < 1.29 is 9.90 Å². The second-order valence-electron chi connectivity index (χ2n) is 9.28. The molecular formula is C24H32N4O2. The first-order valence-electron chi connectivity index (χ1n) is 10.8. The van der Waals surface area contributed by atoms with Crippen LogP contribution in [0.4, 0.5) is 4.79 Å². The standard InChI is InChI=1S/C24H32N4O2/c1-18-8-9-19(12-25-18)13-27-17-24(2,3)28(23(27)30)16-22(29)15-26-11-10-20-6-4-5-7-21(20)14-26/h4-9,12,22,29H,10-11,13-17H2,1-3H3. The SMILES string of the molecule is Cc1ccc(CN2CC(C)(C)N(CC(O)CN3CCc4ccccc4C3)C2=O)cn1. The molecule has 0 bridgehead atoms. The maximum Gasteiger partial charge on any atom is 0.320 e. The number of nitrogens with zero attached hydrogens (tertiary/aromatic N) is 4. The van der Waals surface area contributed by atoms with Gasteiger partial charge in [0.2, 0.25) is 0 Å². The number of aromatic nitrogens is 1. The molecular weight excluding hydrogens is 376 g/mol. The van der Waals surface area contributed by atoms with E-state index in [1.54, 1.807) is 0 Å². The second kappa shape index (κ2) is 8.36. The molecule has 2 aromatic rings. The second-order valence-corrected chi connectivity index (χ2v) is 9.28. The average molecular weight is 409 g/mol. The fourth-order valence-electron chi connectivity index (χ4n) is 4.59. The number of aliphatic hydroxyl groups excluding tert-OH is 1. The van der Waals surface area contributed by atoms with Crippen LogP contribution in [0, 0.1) is 6.92 Å². The van der Waals surface area contributed by atoms with E-state index >= 15 is 0 Å². The Bertz CT molecular complexity index is 896. The summed E-state index contributed by atoms with van der Waals surface area (Å²) in [6, 6.07) is 12.5. The van der Waals surface area contributed by atoms with Gasteiger partial charge in [0.1, 0.15) is 0 Å². The maximum absolute atomic E-state index is 13.1. The van der Waals surface area contributed by atoms with Gasteiger partial charge in [-0.15, -0.1) is 0 Å². The summed E-state index contributed by atoms with van der Waals surface area (Å²) in [4.78, 5) is 23.4. The highest BCUT2D eigenvalue weighted by Crippen LogP contribution is 2.28. The highest BCUT2D eigenvalue weighted by molar-refractivity contribution is 5.78. The Balaban J connectivity index is 1.36. The highest BCUT2D eigenvalue weighted by atomic mass is 16.3. The van der Waals surface area contributed by atoms with Gasteiger partial charge < -0.3 is 14.9 Å². The summed E-state index contributed by atoms with van der Waals surface area (Å²) in [7, 11) is 0. The molecule has 1 saturated heterocycles. The van der Waals surface area contributed by atoms with Gasteiger partial charge in [-0.05, 0) is 49.9 Å². The van der Waals surface area contributed by atoms with E-state index in [9.17, 15) is 9.90 Å². The topological polar surface area (TPSA) is 59.9 Å². The van der Waals surface area contributed by atoms with Crippen LogP contribution < -0.4 is 0 Å². The van der Waals surface area contributed by atoms with Crippen LogP contribution in [0.3, 0.4) is 0 Å². The molecule has 0 spiro atoms. The molecule has 3 heterocycles. The van der Waals surface area contributed by atoms with Crippen molar-refractivity contribution >= 4 is 6.03 Å². The van der Waals surface area contributed by atoms with Crippen LogP contribution in [0.15, 0.2) is 42.6 Å². The van der Waals surface area contributed by atoms with Crippen molar-refractivity contribution in [3.63, 3.8) is 0 Å². The van der Waals surface area contributed by atoms with Gasteiger partial charge in [-0.2, -0.15) is 0 Å². The molecule has 0 radical (unpaired) electrons. The van der Waals surface area contributed by atoms with E-state index in [0.29, 0.717) is 26.2 Å². The lowest BCUT2D eigenvalue weighted by Gasteiger charge is -2.34. The molecule has 1 unspecified atom stereocenters. The average Bonchev–Trinajstić information content (AvgIpc) is 2.92. The van der Waals surface area contributed by atoms with Crippen molar-refractivity contribution in [3.8, 4) is 0 Å². The van der Waals surface area contributed by atoms with E-state index < -0.39 is 6.10 Å². The van der Waals surface area contributed by atoms with Crippen molar-refractivity contribution in [2.24, 2.45) is 0 Å². The van der Waals surface area contributed by atoms with Crippen LogP contribution in [0.5, 0.6) is 0 Å². The summed E-state index contributed by atoms with van der Waals surface area (Å²) >= 11 is 0. The molecule has 1 aromatic carbocycles. The van der Waals surface area contributed by atoms with Crippen molar-refractivity contribution in [1.29, 1.82) is 0 Å². The van der Waals surface area contributed by atoms with Gasteiger partial charge in [-0.1, -0.05) is 30.3 Å². The van der Waals surface area contributed by atoms with Crippen LogP contribution >= 0.6 is 0 Å². The first-order valence-corrected chi connectivity index (χ1v) is 10.8. The van der Waals surface area contributed by atoms with Gasteiger partial charge in [-0.3, -0.25) is 9.88 Å². The molecule has 160 valence electrons. The summed E-state index contributed by atoms with van der Waals surface area (Å²) in [5.74, 6) is 0. The van der Waals surface area contributed by atoms with Gasteiger partial charge in [-0.25, -0.2) is 4.79 Å². The van der Waals surface area contributed by atoms with Crippen LogP contribution in [0.1, 0.15) is 36.2 Å². The third-order valence-corrected chi connectivity index (χ3v) is 6.23. The Labute approximate surface area is 179 Å². The van der Waals surface area contributed by atoms with Crippen LogP contribution in [-0.4, -0.2) is 68.6 Å². The summed E-state index contributed by atoms with van der Waals surface area (Å²) in [6.45, 7) is 10.0. The molecule has 6 heteroatoms. The van der Waals surface area contributed by atoms with E-state index in [-0.39, 0.29) is 11.6 Å². The van der Waals surface area contributed by atoms with E-state index in [4.69, 9.17) is 0 Å². The van der Waals surface area contributed by atoms with Gasteiger partial charge in [0.25, 0.3) is 0 Å². The molecule has 1 atom stereocenters. The molecule has 2 aliphatic heterocycles. The summed E-state index contributed by atoms with van der Waals surface area (Å²) in [5.41, 5.74) is 4.42. The predicted molar refractivity (Wildman–Crippen MR) is 117 cm³/mol. The Morgan fingerprint density at radius 2 is 1.90 bits per heavy atom. The number of aliphatic hydroxyl groups is 1. The molecule has 6 nitrogen and oxygen atoms in total. The number of pyridine rings is 1. The number of carbonyl (C=O) groups is 1. The molecule has 1 aromatic heterocycles. The van der Waals surface area contributed by atoms with Crippen molar-refractivity contribution in [2.45, 2.75) is 51.9 Å². The largest absolute Gasteiger partial charge is 0.390 e. The predicted octanol–water partition coefficient (Wildman–Crippen LogP) is 2.83. The Morgan fingerprint density at radius 3 is 2.63 bits per heavy atom. The van der Waals surface area contributed by atoms with Gasteiger partial charge in [0.05, 0.1) is 18.2 Å². The fraction of sp³-hybridized carbons (Fsp3) is 0.500. The molecule has 0 saturated carbocycles. The van der Waals surface area contributed by atoms with Crippen molar-refractivity contribution in [1.82, 2.24) is 19.7 Å². The highest BCUT2D eigenvalue weighted by Gasteiger charge is 2.43. The molecule has 0 aliphatic carbocycles. The zero-order chi connectivity index (χ0) is 21.3. The van der Waals surface area contributed by atoms with Crippen LogP contribution in [0.2, 0.25) is 0 Å². The molecule has 30 heavy (non-hydrogen) atoms. The van der Waals surface area contributed by atoms with Crippen LogP contribution in [-0.2, 0) is 19.5 Å². The number of β-amino-alcohol motifs (C(OH)–C–C–N with tert-alkyl or cyclic N) is 1. The lowest BCUT2D eigenvalue weighted by molar-refractivity contribution is 0.0617. The zero-order valence-corrected chi connectivity index (χ0v) is 18.2. The first-order chi connectivity index (χ1) is 14.3. The smallest absolute Gasteiger partial charge is 0.320 e. The lowest BCUT2D eigenvalue weighted by atomic mass is 9.99. The molecule has 2 aliphatic rings. The van der Waals surface area contributed by atoms with Crippen molar-refractivity contribution in [3.05, 3.63) is 65.0 Å². The zero-order valence-electron chi connectivity index (χ0n) is 18.2. The number of rotatable bonds is 6. The lowest BCUT2D eigenvalue weighted by Crippen LogP contribution is -2.49. The number of carbonyl (C=O) groups excluding carboxylic acids is 1. The van der Waals surface area contributed by atoms with E-state index in [1.165, 1.54) is 11.1 Å². The van der Waals surface area contributed by atoms with Crippen molar-refractivity contribution in [2.75, 3.05) is 26.2 Å². The summed E-state index contributed by atoms with van der Waals surface area (Å²) in [5, 5.41) is 10.8. The fourth-order valence-corrected chi connectivity index (χ4v) is 4.59. The first kappa shape index (κ1) is 20.8. The molecule has 1 fully saturated rings. The minimum atomic E-state index is -0.570. The molecule has 1 N–H and O–H groups in total. The number of hydrogen-bond acceptors (Lipinski definition) is 4. The third-order valence-electron chi connectivity index (χ3n) is 6.23. The van der Waals surface area contributed by atoms with Gasteiger partial charge >= 0.3 is 6.03 Å². The van der Waals surface area contributed by atoms with E-state index in [0.717, 1.165) is 30.8 Å². The maximum atomic E-state index is 13.1. The van der Waals surface area contributed by atoms with Crippen LogP contribution in [0.25, 0.3) is 0 Å². The van der Waals surface area contributed by atoms with Gasteiger partial charge in [0.15, 0.2) is 0 Å². The number of fused-ring (bicyclic) bond motifs is 1. The number of benzene rings is 1. The molecule has 2 amide bonds. The number of amides is 2. The minimum Gasteiger partial charge on any atom is -0.390 e. The normalized spacial score (nSPS) is 19.8. The quantitative estimate of drug-likeness (QED) is 0.799. The Morgan fingerprint density at radius 1 is 1.13 bits per heavy atom. The Hall–Kier alpha value is -2.44. The number of aryl methyl sites for hydroxylation is 1. The van der Waals surface area contributed by atoms with E-state index in [1.807, 2.05) is 35.1 Å². The Kier molecular flexibility index (Phi) is 5.80. The minimum absolute atomic E-state index is 0.0105. The number of urea groups is 1. The monoisotopic (exact) mass is 408 g/mol.